The lowest BCUT2D eigenvalue weighted by Crippen LogP contribution is -2.47. The Morgan fingerprint density at radius 1 is 0.948 bits per heavy atom. The van der Waals surface area contributed by atoms with Crippen molar-refractivity contribution in [3.63, 3.8) is 0 Å². The van der Waals surface area contributed by atoms with E-state index in [0.29, 0.717) is 55.3 Å². The van der Waals surface area contributed by atoms with Crippen LogP contribution in [0.2, 0.25) is 0 Å². The van der Waals surface area contributed by atoms with Crippen LogP contribution in [-0.4, -0.2) is 83.6 Å². The number of hydrogen-bond acceptors (Lipinski definition) is 11. The molecule has 6 aliphatic rings. The molecule has 3 heterocycles. The second-order valence-electron chi connectivity index (χ2n) is 17.9. The highest BCUT2D eigenvalue weighted by atomic mass is 32.2. The lowest BCUT2D eigenvalue weighted by Gasteiger charge is -2.31. The molecular weight excluding hydrogens is 765 g/mol. The number of nitrogens with one attached hydrogen (secondary N) is 1. The summed E-state index contributed by atoms with van der Waals surface area (Å²) in [4.78, 5) is 77.8. The number of nitrogens with zero attached hydrogens (tertiary/aromatic N) is 3. The molecule has 1 aromatic heterocycles. The summed E-state index contributed by atoms with van der Waals surface area (Å²) in [5.74, 6) is -2.00. The van der Waals surface area contributed by atoms with E-state index < -0.39 is 44.7 Å². The summed E-state index contributed by atoms with van der Waals surface area (Å²) in [5.41, 5.74) is -1.10. The number of rotatable bonds is 9. The Morgan fingerprint density at radius 2 is 1.69 bits per heavy atom. The smallest absolute Gasteiger partial charge is 0.306 e. The molecule has 316 valence electrons. The van der Waals surface area contributed by atoms with Crippen LogP contribution in [0.15, 0.2) is 23.0 Å². The minimum Gasteiger partial charge on any atom is -0.496 e. The first-order chi connectivity index (χ1) is 27.9. The Balaban J connectivity index is 1.15. The van der Waals surface area contributed by atoms with E-state index in [1.54, 1.807) is 18.2 Å². The zero-order valence-corrected chi connectivity index (χ0v) is 34.6. The van der Waals surface area contributed by atoms with Crippen LogP contribution >= 0.6 is 0 Å². The summed E-state index contributed by atoms with van der Waals surface area (Å²) >= 11 is 0. The maximum Gasteiger partial charge on any atom is 0.306 e. The van der Waals surface area contributed by atoms with Gasteiger partial charge in [0.15, 0.2) is 5.78 Å². The van der Waals surface area contributed by atoms with Crippen molar-refractivity contribution in [2.75, 3.05) is 13.7 Å². The van der Waals surface area contributed by atoms with Gasteiger partial charge >= 0.3 is 5.97 Å². The van der Waals surface area contributed by atoms with Crippen LogP contribution in [0.5, 0.6) is 11.8 Å². The van der Waals surface area contributed by atoms with Crippen molar-refractivity contribution in [3.05, 3.63) is 28.6 Å². The topological polar surface area (TPSA) is 180 Å². The van der Waals surface area contributed by atoms with Crippen LogP contribution in [0.4, 0.5) is 0 Å². The van der Waals surface area contributed by atoms with Gasteiger partial charge in [0, 0.05) is 19.4 Å². The van der Waals surface area contributed by atoms with Crippen LogP contribution < -0.4 is 19.8 Å². The van der Waals surface area contributed by atoms with Crippen LogP contribution in [0.25, 0.3) is 10.9 Å². The highest BCUT2D eigenvalue weighted by molar-refractivity contribution is 7.90. The lowest BCUT2D eigenvalue weighted by atomic mass is 9.86. The third kappa shape index (κ3) is 8.12. The van der Waals surface area contributed by atoms with Gasteiger partial charge in [-0.3, -0.25) is 33.3 Å². The summed E-state index contributed by atoms with van der Waals surface area (Å²) in [6.45, 7) is 2.26. The number of benzene rings is 1. The van der Waals surface area contributed by atoms with Crippen molar-refractivity contribution in [2.24, 2.45) is 29.1 Å². The lowest BCUT2D eigenvalue weighted by molar-refractivity contribution is -0.156. The zero-order chi connectivity index (χ0) is 40.8. The first-order valence-corrected chi connectivity index (χ1v) is 23.3. The molecule has 1 N–H and O–H groups in total. The monoisotopic (exact) mass is 822 g/mol. The van der Waals surface area contributed by atoms with Crippen molar-refractivity contribution >= 4 is 44.5 Å². The minimum absolute atomic E-state index is 0.0106. The number of Topliss-reactive ketones (excluding diaryl/α,β-unsaturated/α-hetero) is 1. The van der Waals surface area contributed by atoms with Crippen molar-refractivity contribution in [2.45, 2.75) is 153 Å². The molecule has 2 amide bonds. The number of carbonyl (C=O) groups is 4. The van der Waals surface area contributed by atoms with Crippen molar-refractivity contribution in [1.82, 2.24) is 19.2 Å². The fraction of sp³-hybridized carbons (Fsp3) is 0.721. The quantitative estimate of drug-likeness (QED) is 0.328. The molecule has 0 spiro atoms. The number of ether oxygens (including phenoxy) is 3. The van der Waals surface area contributed by atoms with Gasteiger partial charge in [0.05, 0.1) is 48.2 Å². The molecule has 2 aliphatic heterocycles. The SMILES string of the molecule is CC[C@H]1C[C@]1(CC(=O)[C@@H]1C[C@@H]2CN1C(=O)[C@H](C1CCCC1)CC(=O)O[C@@H]1CCC[C@H]1CCCCCn1c(nc3cccc(OC)c3c1=O)O2)C(=O)NS(=O)(=O)C1CC1. The average molecular weight is 823 g/mol. The van der Waals surface area contributed by atoms with Gasteiger partial charge in [-0.25, -0.2) is 8.42 Å². The predicted molar refractivity (Wildman–Crippen MR) is 213 cm³/mol. The van der Waals surface area contributed by atoms with Gasteiger partial charge in [0.1, 0.15) is 23.3 Å². The van der Waals surface area contributed by atoms with Gasteiger partial charge in [-0.05, 0) is 94.1 Å². The molecule has 1 aromatic carbocycles. The standard InChI is InChI=1S/C43H58N4O10S/c1-3-28-23-43(28,41(52)45-58(53,54)30-18-19-30)24-34(48)33-21-29-25-47(33)39(50)31(26-11-6-7-12-26)22-37(49)57-35-16-9-14-27(35)13-5-4-8-20-46-40(51)38-32(44-42(46)56-29)15-10-17-36(38)55-2/h10,15,17,26-31,33,35H,3-9,11-14,16,18-25H2,1-2H3,(H,45,52)/t27-,28+,29-,31+,33+,35-,43-/m1/s1. The largest absolute Gasteiger partial charge is 0.496 e. The molecule has 4 saturated carbocycles. The van der Waals surface area contributed by atoms with E-state index in [0.717, 1.165) is 64.2 Å². The fourth-order valence-corrected chi connectivity index (χ4v) is 12.0. The molecule has 0 radical (unpaired) electrons. The summed E-state index contributed by atoms with van der Waals surface area (Å²) in [6, 6.07) is 4.30. The molecule has 2 aromatic rings. The Hall–Kier alpha value is -4.01. The van der Waals surface area contributed by atoms with E-state index in [1.807, 2.05) is 6.92 Å². The summed E-state index contributed by atoms with van der Waals surface area (Å²) in [7, 11) is -2.33. The van der Waals surface area contributed by atoms with Gasteiger partial charge in [0.2, 0.25) is 21.8 Å². The Bertz CT molecular complexity index is 2090. The third-order valence-corrected chi connectivity index (χ3v) is 16.0. The Labute approximate surface area is 340 Å². The molecule has 8 rings (SSSR count). The normalized spacial score (nSPS) is 31.1. The highest BCUT2D eigenvalue weighted by Crippen LogP contribution is 2.58. The van der Waals surface area contributed by atoms with Gasteiger partial charge in [0.25, 0.3) is 11.6 Å². The number of methoxy groups -OCH3 is 1. The van der Waals surface area contributed by atoms with Gasteiger partial charge < -0.3 is 19.1 Å². The second-order valence-corrected chi connectivity index (χ2v) is 19.9. The van der Waals surface area contributed by atoms with Gasteiger partial charge in [-0.2, -0.15) is 4.98 Å². The van der Waals surface area contributed by atoms with Crippen LogP contribution in [0, 0.1) is 29.1 Å². The van der Waals surface area contributed by atoms with E-state index >= 15 is 0 Å². The van der Waals surface area contributed by atoms with Gasteiger partial charge in [-0.15, -0.1) is 0 Å². The highest BCUT2D eigenvalue weighted by Gasteiger charge is 2.62. The Kier molecular flexibility index (Phi) is 11.6. The van der Waals surface area contributed by atoms with E-state index in [9.17, 15) is 32.4 Å². The molecule has 5 fully saturated rings. The number of hydrogen-bond donors (Lipinski definition) is 1. The molecule has 2 bridgehead atoms. The number of ketones is 1. The predicted octanol–water partition coefficient (Wildman–Crippen LogP) is 5.22. The van der Waals surface area contributed by atoms with E-state index in [2.05, 4.69) is 4.72 Å². The zero-order valence-electron chi connectivity index (χ0n) is 33.8. The first kappa shape index (κ1) is 40.8. The third-order valence-electron chi connectivity index (χ3n) is 14.2. The summed E-state index contributed by atoms with van der Waals surface area (Å²) in [6.07, 6.45) is 10.3. The number of esters is 1. The molecule has 15 heteroatoms. The van der Waals surface area contributed by atoms with E-state index in [-0.39, 0.29) is 78.9 Å². The van der Waals surface area contributed by atoms with Gasteiger partial charge in [-0.1, -0.05) is 45.1 Å². The maximum atomic E-state index is 15.0. The molecule has 14 nitrogen and oxygen atoms in total. The number of fused-ring (bicyclic) bond motifs is 5. The maximum absolute atomic E-state index is 15.0. The van der Waals surface area contributed by atoms with Crippen molar-refractivity contribution < 1.29 is 41.8 Å². The van der Waals surface area contributed by atoms with E-state index in [4.69, 9.17) is 19.2 Å². The van der Waals surface area contributed by atoms with Crippen LogP contribution in [-0.2, 0) is 40.5 Å². The first-order valence-electron chi connectivity index (χ1n) is 21.7. The number of sulfonamides is 1. The molecule has 0 unspecified atom stereocenters. The Morgan fingerprint density at radius 3 is 2.41 bits per heavy atom. The summed E-state index contributed by atoms with van der Waals surface area (Å²) in [5, 5.41) is -0.254. The molecule has 58 heavy (non-hydrogen) atoms. The fourth-order valence-electron chi connectivity index (χ4n) is 10.6. The van der Waals surface area contributed by atoms with Crippen molar-refractivity contribution in [3.8, 4) is 11.8 Å². The molecule has 1 saturated heterocycles. The minimum atomic E-state index is -3.84. The molecule has 7 atom stereocenters. The summed E-state index contributed by atoms with van der Waals surface area (Å²) < 4.78 is 47.9. The number of aromatic nitrogens is 2. The van der Waals surface area contributed by atoms with Crippen LogP contribution in [0.1, 0.15) is 122 Å². The van der Waals surface area contributed by atoms with E-state index in [1.165, 1.54) is 16.6 Å². The van der Waals surface area contributed by atoms with Crippen molar-refractivity contribution in [1.29, 1.82) is 0 Å². The molecular formula is C43H58N4O10S. The molecule has 4 aliphatic carbocycles. The number of carbonyl (C=O) groups excluding carboxylic acids is 4. The number of amides is 2. The average Bonchev–Trinajstić information content (AvgIpc) is 3.99. The second kappa shape index (κ2) is 16.6. The van der Waals surface area contributed by atoms with Crippen LogP contribution in [0.3, 0.4) is 0 Å².